The van der Waals surface area contributed by atoms with Crippen LogP contribution >= 0.6 is 0 Å². The van der Waals surface area contributed by atoms with E-state index in [0.29, 0.717) is 18.2 Å². The van der Waals surface area contributed by atoms with Crippen molar-refractivity contribution in [2.45, 2.75) is 25.8 Å². The highest BCUT2D eigenvalue weighted by molar-refractivity contribution is 6.01. The maximum atomic E-state index is 11.9. The van der Waals surface area contributed by atoms with Gasteiger partial charge in [0, 0.05) is 12.6 Å². The molecule has 1 amide bonds. The fraction of sp³-hybridized carbons (Fsp3) is 0.333. The van der Waals surface area contributed by atoms with Crippen molar-refractivity contribution in [2.24, 2.45) is 10.7 Å². The fourth-order valence-corrected chi connectivity index (χ4v) is 2.25. The summed E-state index contributed by atoms with van der Waals surface area (Å²) >= 11 is 0. The lowest BCUT2D eigenvalue weighted by atomic mass is 10.1. The van der Waals surface area contributed by atoms with Gasteiger partial charge in [0.15, 0.2) is 0 Å². The quantitative estimate of drug-likeness (QED) is 0.858. The number of rotatable bonds is 5. The van der Waals surface area contributed by atoms with E-state index in [1.165, 1.54) is 0 Å². The van der Waals surface area contributed by atoms with E-state index in [1.54, 1.807) is 6.92 Å². The van der Waals surface area contributed by atoms with Crippen LogP contribution in [0.5, 0.6) is 0 Å². The topological polar surface area (TPSA) is 116 Å². The molecule has 120 valence electrons. The normalized spacial score (nSPS) is 16.7. The van der Waals surface area contributed by atoms with Crippen molar-refractivity contribution >= 4 is 17.6 Å². The molecular weight excluding hydrogens is 298 g/mol. The second kappa shape index (κ2) is 6.47. The lowest BCUT2D eigenvalue weighted by Gasteiger charge is -2.07. The Morgan fingerprint density at radius 2 is 2.17 bits per heavy atom. The smallest absolute Gasteiger partial charge is 0.297 e. The summed E-state index contributed by atoms with van der Waals surface area (Å²) in [6.07, 6.45) is 1.73. The minimum absolute atomic E-state index is 0.0169. The Kier molecular flexibility index (Phi) is 4.22. The van der Waals surface area contributed by atoms with Crippen LogP contribution in [0.15, 0.2) is 33.8 Å². The Morgan fingerprint density at radius 3 is 2.78 bits per heavy atom. The molecule has 1 aliphatic heterocycles. The number of aromatic nitrogens is 2. The molecule has 8 heteroatoms. The van der Waals surface area contributed by atoms with E-state index in [-0.39, 0.29) is 17.9 Å². The van der Waals surface area contributed by atoms with Crippen molar-refractivity contribution in [2.75, 3.05) is 11.9 Å². The number of amidine groups is 1. The molecule has 23 heavy (non-hydrogen) atoms. The molecule has 1 aliphatic rings. The first-order chi connectivity index (χ1) is 11.1. The van der Waals surface area contributed by atoms with Crippen LogP contribution in [0.4, 0.5) is 5.69 Å². The highest BCUT2D eigenvalue weighted by atomic mass is 16.5. The van der Waals surface area contributed by atoms with Crippen molar-refractivity contribution < 1.29 is 14.1 Å². The van der Waals surface area contributed by atoms with Crippen LogP contribution in [0.25, 0.3) is 0 Å². The number of anilines is 1. The highest BCUT2D eigenvalue weighted by Crippen LogP contribution is 2.15. The molecule has 0 saturated heterocycles. The first kappa shape index (κ1) is 15.0. The van der Waals surface area contributed by atoms with Gasteiger partial charge in [0.2, 0.25) is 5.89 Å². The van der Waals surface area contributed by atoms with Crippen LogP contribution in [-0.2, 0) is 11.2 Å². The number of nitrogens with one attached hydrogen (secondary N) is 1. The molecule has 8 nitrogen and oxygen atoms in total. The molecule has 2 heterocycles. The molecule has 1 aromatic carbocycles. The second-order valence-corrected chi connectivity index (χ2v) is 5.26. The van der Waals surface area contributed by atoms with Crippen LogP contribution in [0.1, 0.15) is 28.5 Å². The van der Waals surface area contributed by atoms with Crippen molar-refractivity contribution in [3.05, 3.63) is 41.5 Å². The van der Waals surface area contributed by atoms with Gasteiger partial charge in [-0.25, -0.2) is 4.99 Å². The maximum absolute atomic E-state index is 11.9. The van der Waals surface area contributed by atoms with Gasteiger partial charge in [-0.05, 0) is 30.5 Å². The monoisotopic (exact) mass is 315 g/mol. The van der Waals surface area contributed by atoms with Crippen molar-refractivity contribution in [1.82, 2.24) is 10.1 Å². The number of benzene rings is 1. The van der Waals surface area contributed by atoms with Crippen LogP contribution in [-0.4, -0.2) is 34.7 Å². The molecule has 1 atom stereocenters. The van der Waals surface area contributed by atoms with E-state index in [0.717, 1.165) is 18.4 Å². The van der Waals surface area contributed by atoms with E-state index >= 15 is 0 Å². The van der Waals surface area contributed by atoms with Gasteiger partial charge in [-0.2, -0.15) is 4.98 Å². The minimum atomic E-state index is -0.400. The third-order valence-corrected chi connectivity index (χ3v) is 3.44. The number of carbonyl (C=O) groups is 1. The largest absolute Gasteiger partial charge is 0.463 e. The van der Waals surface area contributed by atoms with Gasteiger partial charge in [0.05, 0.1) is 6.04 Å². The molecule has 0 spiro atoms. The van der Waals surface area contributed by atoms with Gasteiger partial charge in [-0.1, -0.05) is 17.3 Å². The van der Waals surface area contributed by atoms with Gasteiger partial charge >= 0.3 is 0 Å². The summed E-state index contributed by atoms with van der Waals surface area (Å²) in [7, 11) is 0. The maximum Gasteiger partial charge on any atom is 0.297 e. The predicted molar refractivity (Wildman–Crippen MR) is 83.1 cm³/mol. The van der Waals surface area contributed by atoms with E-state index in [4.69, 9.17) is 15.0 Å². The predicted octanol–water partition coefficient (Wildman–Crippen LogP) is 1.28. The number of aryl methyl sites for hydroxylation is 2. The van der Waals surface area contributed by atoms with E-state index < -0.39 is 5.91 Å². The summed E-state index contributed by atoms with van der Waals surface area (Å²) in [5.41, 5.74) is 7.31. The summed E-state index contributed by atoms with van der Waals surface area (Å²) in [4.78, 5) is 20.0. The van der Waals surface area contributed by atoms with E-state index in [2.05, 4.69) is 20.4 Å². The average Bonchev–Trinajstić information content (AvgIpc) is 3.15. The summed E-state index contributed by atoms with van der Waals surface area (Å²) < 4.78 is 9.90. The number of hydrogen-bond donors (Lipinski definition) is 2. The molecule has 0 fully saturated rings. The first-order valence-electron chi connectivity index (χ1n) is 7.27. The van der Waals surface area contributed by atoms with Crippen LogP contribution < -0.4 is 11.1 Å². The Labute approximate surface area is 132 Å². The summed E-state index contributed by atoms with van der Waals surface area (Å²) in [6, 6.07) is 7.98. The zero-order chi connectivity index (χ0) is 16.2. The molecule has 0 radical (unpaired) electrons. The molecule has 0 saturated carbocycles. The Bertz CT molecular complexity index is 723. The molecule has 1 aromatic heterocycles. The number of amides is 1. The van der Waals surface area contributed by atoms with Gasteiger partial charge in [0.1, 0.15) is 6.61 Å². The Hall–Kier alpha value is -2.90. The van der Waals surface area contributed by atoms with Crippen LogP contribution in [0.2, 0.25) is 0 Å². The number of aliphatic imine (C=N–C) groups is 1. The van der Waals surface area contributed by atoms with Crippen molar-refractivity contribution in [1.29, 1.82) is 0 Å². The first-order valence-corrected chi connectivity index (χ1v) is 7.27. The summed E-state index contributed by atoms with van der Waals surface area (Å²) in [5.74, 6) is -0.0320. The zero-order valence-electron chi connectivity index (χ0n) is 12.7. The highest BCUT2D eigenvalue weighted by Gasteiger charge is 2.16. The third kappa shape index (κ3) is 3.85. The second-order valence-electron chi connectivity index (χ2n) is 5.26. The Balaban J connectivity index is 1.53. The van der Waals surface area contributed by atoms with Gasteiger partial charge in [-0.15, -0.1) is 0 Å². The number of nitrogens with zero attached hydrogens (tertiary/aromatic N) is 3. The fourth-order valence-electron chi connectivity index (χ4n) is 2.25. The number of carbonyl (C=O) groups excluding carboxylic acids is 1. The lowest BCUT2D eigenvalue weighted by molar-refractivity contribution is 0.101. The zero-order valence-corrected chi connectivity index (χ0v) is 12.7. The van der Waals surface area contributed by atoms with E-state index in [1.807, 2.05) is 24.3 Å². The lowest BCUT2D eigenvalue weighted by Crippen LogP contribution is -2.13. The molecule has 3 rings (SSSR count). The molecular formula is C15H17N5O3. The minimum Gasteiger partial charge on any atom is -0.463 e. The molecule has 0 bridgehead atoms. The third-order valence-electron chi connectivity index (χ3n) is 3.44. The Morgan fingerprint density at radius 1 is 1.39 bits per heavy atom. The summed E-state index contributed by atoms with van der Waals surface area (Å²) in [6.45, 7) is 2.18. The molecule has 0 aliphatic carbocycles. The van der Waals surface area contributed by atoms with Crippen molar-refractivity contribution in [3.8, 4) is 0 Å². The van der Waals surface area contributed by atoms with Crippen molar-refractivity contribution in [3.63, 3.8) is 0 Å². The average molecular weight is 315 g/mol. The SMILES string of the molecule is Cc1nc(C(=O)Nc2ccc(CC[C@H]3COC(N)=N3)cc2)no1. The number of hydrogen-bond acceptors (Lipinski definition) is 7. The number of ether oxygens (including phenoxy) is 1. The molecule has 3 N–H and O–H groups in total. The van der Waals surface area contributed by atoms with Gasteiger partial charge < -0.3 is 20.3 Å². The van der Waals surface area contributed by atoms with Gasteiger partial charge in [0.25, 0.3) is 17.8 Å². The molecule has 2 aromatic rings. The van der Waals surface area contributed by atoms with Crippen LogP contribution in [0, 0.1) is 6.92 Å². The summed E-state index contributed by atoms with van der Waals surface area (Å²) in [5, 5.41) is 6.30. The van der Waals surface area contributed by atoms with Gasteiger partial charge in [-0.3, -0.25) is 4.79 Å². The van der Waals surface area contributed by atoms with E-state index in [9.17, 15) is 4.79 Å². The number of nitrogens with two attached hydrogens (primary N) is 1. The standard InChI is InChI=1S/C15H17N5O3/c1-9-17-13(20-23-9)14(21)18-11-5-2-10(3-6-11)4-7-12-8-22-15(16)19-12/h2-3,5-6,12H,4,7-8H2,1H3,(H2,16,19)(H,18,21)/t12-/m0/s1. The van der Waals surface area contributed by atoms with Crippen LogP contribution in [0.3, 0.4) is 0 Å². The molecule has 0 unspecified atom stereocenters.